The summed E-state index contributed by atoms with van der Waals surface area (Å²) in [6, 6.07) is 7.81. The summed E-state index contributed by atoms with van der Waals surface area (Å²) in [7, 11) is 1.73. The summed E-state index contributed by atoms with van der Waals surface area (Å²) in [4.78, 5) is 14.5. The van der Waals surface area contributed by atoms with Gasteiger partial charge in [-0.15, -0.1) is 0 Å². The molecule has 116 valence electrons. The van der Waals surface area contributed by atoms with E-state index in [-0.39, 0.29) is 11.8 Å². The molecule has 2 unspecified atom stereocenters. The highest BCUT2D eigenvalue weighted by Gasteiger charge is 2.24. The number of carbonyl (C=O) groups excluding carboxylic acids is 1. The van der Waals surface area contributed by atoms with Crippen LogP contribution in [0.4, 0.5) is 5.69 Å². The third-order valence-corrected chi connectivity index (χ3v) is 4.26. The highest BCUT2D eigenvalue weighted by atomic mass is 16.5. The monoisotopic (exact) mass is 290 g/mol. The zero-order valence-electron chi connectivity index (χ0n) is 13.0. The number of nitrogens with two attached hydrogens (primary N) is 1. The van der Waals surface area contributed by atoms with Crippen molar-refractivity contribution in [3.63, 3.8) is 0 Å². The maximum atomic E-state index is 12.5. The lowest BCUT2D eigenvalue weighted by Crippen LogP contribution is -2.41. The summed E-state index contributed by atoms with van der Waals surface area (Å²) in [5, 5.41) is 0. The molecule has 2 N–H and O–H groups in total. The van der Waals surface area contributed by atoms with Gasteiger partial charge in [-0.1, -0.05) is 19.1 Å². The summed E-state index contributed by atoms with van der Waals surface area (Å²) in [5.74, 6) is 0.959. The fourth-order valence-electron chi connectivity index (χ4n) is 3.00. The highest BCUT2D eigenvalue weighted by molar-refractivity contribution is 5.77. The molecule has 1 aliphatic rings. The molecule has 0 radical (unpaired) electrons. The Hall–Kier alpha value is -1.55. The van der Waals surface area contributed by atoms with E-state index in [4.69, 9.17) is 10.5 Å². The van der Waals surface area contributed by atoms with Crippen molar-refractivity contribution in [2.24, 2.45) is 5.92 Å². The third kappa shape index (κ3) is 4.46. The van der Waals surface area contributed by atoms with Gasteiger partial charge in [-0.2, -0.15) is 0 Å². The Labute approximate surface area is 127 Å². The number of rotatable bonds is 5. The normalized spacial score (nSPS) is 20.3. The molecule has 1 heterocycles. The van der Waals surface area contributed by atoms with E-state index in [1.807, 2.05) is 29.2 Å². The van der Waals surface area contributed by atoms with Crippen molar-refractivity contribution in [3.05, 3.63) is 29.8 Å². The highest BCUT2D eigenvalue weighted by Crippen LogP contribution is 2.23. The number of nitrogen functional groups attached to an aromatic ring is 1. The molecular weight excluding hydrogens is 264 g/mol. The first-order valence-electron chi connectivity index (χ1n) is 7.72. The topological polar surface area (TPSA) is 55.6 Å². The SMILES string of the molecule is COCC1CCCN(C(=O)CC(C)c2ccc(N)cc2)C1. The Kier molecular flexibility index (Phi) is 5.62. The van der Waals surface area contributed by atoms with Crippen molar-refractivity contribution in [1.29, 1.82) is 0 Å². The molecule has 0 saturated carbocycles. The number of benzene rings is 1. The van der Waals surface area contributed by atoms with Crippen LogP contribution in [0.3, 0.4) is 0 Å². The summed E-state index contributed by atoms with van der Waals surface area (Å²) in [6.45, 7) is 4.56. The van der Waals surface area contributed by atoms with E-state index in [0.29, 0.717) is 12.3 Å². The maximum absolute atomic E-state index is 12.5. The summed E-state index contributed by atoms with van der Waals surface area (Å²) in [5.41, 5.74) is 7.63. The van der Waals surface area contributed by atoms with E-state index >= 15 is 0 Å². The number of anilines is 1. The van der Waals surface area contributed by atoms with Gasteiger partial charge in [0.25, 0.3) is 0 Å². The minimum Gasteiger partial charge on any atom is -0.399 e. The van der Waals surface area contributed by atoms with Crippen LogP contribution in [0.2, 0.25) is 0 Å². The Morgan fingerprint density at radius 3 is 2.81 bits per heavy atom. The van der Waals surface area contributed by atoms with E-state index in [2.05, 4.69) is 6.92 Å². The number of piperidine rings is 1. The largest absolute Gasteiger partial charge is 0.399 e. The minimum atomic E-state index is 0.223. The van der Waals surface area contributed by atoms with Crippen molar-refractivity contribution >= 4 is 11.6 Å². The average molecular weight is 290 g/mol. The molecule has 0 aromatic heterocycles. The predicted octanol–water partition coefficient (Wildman–Crippen LogP) is 2.65. The van der Waals surface area contributed by atoms with Crippen LogP contribution < -0.4 is 5.73 Å². The number of likely N-dealkylation sites (tertiary alicyclic amines) is 1. The van der Waals surface area contributed by atoms with Gasteiger partial charge in [-0.05, 0) is 42.4 Å². The second kappa shape index (κ2) is 7.46. The lowest BCUT2D eigenvalue weighted by molar-refractivity contribution is -0.133. The molecule has 1 aromatic carbocycles. The number of hydrogen-bond acceptors (Lipinski definition) is 3. The van der Waals surface area contributed by atoms with Crippen molar-refractivity contribution in [1.82, 2.24) is 4.90 Å². The first-order chi connectivity index (χ1) is 10.1. The quantitative estimate of drug-likeness (QED) is 0.848. The van der Waals surface area contributed by atoms with Crippen LogP contribution in [0.5, 0.6) is 0 Å². The van der Waals surface area contributed by atoms with Crippen molar-refractivity contribution in [3.8, 4) is 0 Å². The van der Waals surface area contributed by atoms with Crippen LogP contribution in [0.15, 0.2) is 24.3 Å². The van der Waals surface area contributed by atoms with Gasteiger partial charge in [0, 0.05) is 32.3 Å². The van der Waals surface area contributed by atoms with Crippen LogP contribution in [0, 0.1) is 5.92 Å². The Morgan fingerprint density at radius 2 is 2.14 bits per heavy atom. The summed E-state index contributed by atoms with van der Waals surface area (Å²) >= 11 is 0. The van der Waals surface area contributed by atoms with Crippen LogP contribution in [0.1, 0.15) is 37.7 Å². The molecule has 4 heteroatoms. The minimum absolute atomic E-state index is 0.223. The Morgan fingerprint density at radius 1 is 1.43 bits per heavy atom. The Balaban J connectivity index is 1.89. The molecule has 1 amide bonds. The Bertz CT molecular complexity index is 456. The van der Waals surface area contributed by atoms with Crippen LogP contribution in [0.25, 0.3) is 0 Å². The fraction of sp³-hybridized carbons (Fsp3) is 0.588. The van der Waals surface area contributed by atoms with Gasteiger partial charge >= 0.3 is 0 Å². The van der Waals surface area contributed by atoms with Gasteiger partial charge in [0.1, 0.15) is 0 Å². The van der Waals surface area contributed by atoms with E-state index in [0.717, 1.165) is 38.2 Å². The molecule has 0 spiro atoms. The van der Waals surface area contributed by atoms with E-state index in [9.17, 15) is 4.79 Å². The first kappa shape index (κ1) is 15.8. The lowest BCUT2D eigenvalue weighted by Gasteiger charge is -2.33. The molecule has 21 heavy (non-hydrogen) atoms. The molecule has 1 fully saturated rings. The molecule has 1 aromatic rings. The number of methoxy groups -OCH3 is 1. The number of nitrogens with zero attached hydrogens (tertiary/aromatic N) is 1. The molecule has 1 saturated heterocycles. The van der Waals surface area contributed by atoms with E-state index in [1.165, 1.54) is 5.56 Å². The van der Waals surface area contributed by atoms with Gasteiger partial charge in [0.05, 0.1) is 6.61 Å². The van der Waals surface area contributed by atoms with Gasteiger partial charge in [-0.25, -0.2) is 0 Å². The van der Waals surface area contributed by atoms with Crippen LogP contribution >= 0.6 is 0 Å². The average Bonchev–Trinajstić information content (AvgIpc) is 2.48. The standard InChI is InChI=1S/C17H26N2O2/c1-13(15-5-7-16(18)8-6-15)10-17(20)19-9-3-4-14(11-19)12-21-2/h5-8,13-14H,3-4,9-12,18H2,1-2H3. The van der Waals surface area contributed by atoms with Crippen LogP contribution in [-0.4, -0.2) is 37.6 Å². The first-order valence-corrected chi connectivity index (χ1v) is 7.72. The van der Waals surface area contributed by atoms with Crippen molar-refractivity contribution in [2.75, 3.05) is 32.5 Å². The molecule has 4 nitrogen and oxygen atoms in total. The van der Waals surface area contributed by atoms with Crippen molar-refractivity contribution < 1.29 is 9.53 Å². The van der Waals surface area contributed by atoms with Gasteiger partial charge in [0.15, 0.2) is 0 Å². The molecule has 2 atom stereocenters. The number of carbonyl (C=O) groups is 1. The van der Waals surface area contributed by atoms with Gasteiger partial charge in [-0.3, -0.25) is 4.79 Å². The molecule has 1 aliphatic heterocycles. The fourth-order valence-corrected chi connectivity index (χ4v) is 3.00. The number of amides is 1. The smallest absolute Gasteiger partial charge is 0.223 e. The second-order valence-corrected chi connectivity index (χ2v) is 6.08. The molecule has 0 aliphatic carbocycles. The number of hydrogen-bond donors (Lipinski definition) is 1. The van der Waals surface area contributed by atoms with Gasteiger partial charge in [0.2, 0.25) is 5.91 Å². The third-order valence-electron chi connectivity index (χ3n) is 4.26. The van der Waals surface area contributed by atoms with Gasteiger partial charge < -0.3 is 15.4 Å². The van der Waals surface area contributed by atoms with Crippen molar-refractivity contribution in [2.45, 2.75) is 32.1 Å². The second-order valence-electron chi connectivity index (χ2n) is 6.08. The molecule has 2 rings (SSSR count). The molecular formula is C17H26N2O2. The molecule has 0 bridgehead atoms. The summed E-state index contributed by atoms with van der Waals surface area (Å²) < 4.78 is 5.22. The summed E-state index contributed by atoms with van der Waals surface area (Å²) in [6.07, 6.45) is 2.80. The predicted molar refractivity (Wildman–Crippen MR) is 85.1 cm³/mol. The maximum Gasteiger partial charge on any atom is 0.223 e. The van der Waals surface area contributed by atoms with E-state index < -0.39 is 0 Å². The lowest BCUT2D eigenvalue weighted by atomic mass is 9.95. The van der Waals surface area contributed by atoms with E-state index in [1.54, 1.807) is 7.11 Å². The number of ether oxygens (including phenoxy) is 1. The van der Waals surface area contributed by atoms with Crippen LogP contribution in [-0.2, 0) is 9.53 Å². The zero-order valence-corrected chi connectivity index (χ0v) is 13.0. The zero-order chi connectivity index (χ0) is 15.2.